The first-order valence-corrected chi connectivity index (χ1v) is 14.4. The Kier molecular flexibility index (Phi) is 7.46. The summed E-state index contributed by atoms with van der Waals surface area (Å²) in [6, 6.07) is 9.30. The van der Waals surface area contributed by atoms with Gasteiger partial charge < -0.3 is 15.2 Å². The minimum absolute atomic E-state index is 0.203. The van der Waals surface area contributed by atoms with Crippen molar-refractivity contribution in [3.63, 3.8) is 0 Å². The van der Waals surface area contributed by atoms with E-state index >= 15 is 4.39 Å². The fourth-order valence-electron chi connectivity index (χ4n) is 6.13. The van der Waals surface area contributed by atoms with Crippen molar-refractivity contribution in [3.05, 3.63) is 63.7 Å². The first kappa shape index (κ1) is 26.8. The maximum absolute atomic E-state index is 15.5. The van der Waals surface area contributed by atoms with E-state index in [1.807, 2.05) is 6.07 Å². The van der Waals surface area contributed by atoms with Crippen molar-refractivity contribution in [1.82, 2.24) is 24.3 Å². The highest BCUT2D eigenvalue weighted by atomic mass is 35.5. The molecule has 0 bridgehead atoms. The predicted octanol–water partition coefficient (Wildman–Crippen LogP) is 7.18. The number of nitrogen functional groups attached to an aromatic ring is 1. The second kappa shape index (κ2) is 10.9. The molecule has 1 aliphatic heterocycles. The zero-order chi connectivity index (χ0) is 27.3. The molecule has 10 heteroatoms. The van der Waals surface area contributed by atoms with Crippen molar-refractivity contribution in [1.29, 1.82) is 0 Å². The number of piperazine rings is 1. The second-order valence-electron chi connectivity index (χ2n) is 10.6. The van der Waals surface area contributed by atoms with Crippen LogP contribution < -0.4 is 5.73 Å². The number of aromatic nitrogens is 3. The summed E-state index contributed by atoms with van der Waals surface area (Å²) in [4.78, 5) is 13.9. The number of anilines is 1. The molecule has 4 aromatic rings. The van der Waals surface area contributed by atoms with Gasteiger partial charge in [-0.25, -0.2) is 14.4 Å². The first-order valence-electron chi connectivity index (χ1n) is 13.3. The molecule has 2 fully saturated rings. The number of halogens is 4. The van der Waals surface area contributed by atoms with Crippen LogP contribution >= 0.6 is 34.8 Å². The topological polar surface area (TPSA) is 63.2 Å². The summed E-state index contributed by atoms with van der Waals surface area (Å²) in [6.07, 6.45) is 8.00. The van der Waals surface area contributed by atoms with Crippen molar-refractivity contribution in [2.45, 2.75) is 37.8 Å². The highest BCUT2D eigenvalue weighted by molar-refractivity contribution is 6.49. The average molecular weight is 588 g/mol. The Morgan fingerprint density at radius 2 is 1.54 bits per heavy atom. The standard InChI is InChI=1S/C29H30Cl3FN6/c1-37-10-12-38(13-11-37)18-3-5-19(6-4-18)39-15-22(25-28(34)35-16-36-29(25)39)17-2-7-20(24(33)14-17)21-8-9-23(30)27(32)26(21)31/h2,7-9,14-16,18-19H,3-6,10-13H2,1H3,(H2,34,35,36). The number of rotatable bonds is 4. The number of hydrogen-bond acceptors (Lipinski definition) is 5. The molecular formula is C29H30Cl3FN6. The second-order valence-corrected chi connectivity index (χ2v) is 11.8. The van der Waals surface area contributed by atoms with Crippen molar-refractivity contribution < 1.29 is 4.39 Å². The zero-order valence-corrected chi connectivity index (χ0v) is 23.9. The molecule has 6 rings (SSSR count). The Hall–Kier alpha value is -2.42. The van der Waals surface area contributed by atoms with Gasteiger partial charge in [0.15, 0.2) is 0 Å². The zero-order valence-electron chi connectivity index (χ0n) is 21.7. The van der Waals surface area contributed by atoms with Gasteiger partial charge in [0.25, 0.3) is 0 Å². The molecule has 0 amide bonds. The highest BCUT2D eigenvalue weighted by Crippen LogP contribution is 2.42. The summed E-state index contributed by atoms with van der Waals surface area (Å²) in [5.41, 5.74) is 9.50. The van der Waals surface area contributed by atoms with Gasteiger partial charge in [-0.1, -0.05) is 53.0 Å². The number of likely N-dealkylation sites (N-methyl/N-ethyl adjacent to an activating group) is 1. The Balaban J connectivity index is 1.31. The van der Waals surface area contributed by atoms with Crippen LogP contribution in [0.2, 0.25) is 15.1 Å². The van der Waals surface area contributed by atoms with E-state index in [-0.39, 0.29) is 10.0 Å². The van der Waals surface area contributed by atoms with Crippen LogP contribution in [-0.4, -0.2) is 63.6 Å². The Bertz CT molecular complexity index is 1520. The quantitative estimate of drug-likeness (QED) is 0.256. The minimum atomic E-state index is -0.420. The van der Waals surface area contributed by atoms with Crippen LogP contribution in [-0.2, 0) is 0 Å². The van der Waals surface area contributed by atoms with Crippen LogP contribution in [0, 0.1) is 5.82 Å². The summed E-state index contributed by atoms with van der Waals surface area (Å²) in [7, 11) is 2.19. The lowest BCUT2D eigenvalue weighted by atomic mass is 9.89. The molecule has 2 N–H and O–H groups in total. The van der Waals surface area contributed by atoms with E-state index in [0.29, 0.717) is 39.6 Å². The Labute approximate surface area is 242 Å². The summed E-state index contributed by atoms with van der Waals surface area (Å²) in [6.45, 7) is 4.55. The molecule has 0 unspecified atom stereocenters. The number of fused-ring (bicyclic) bond motifs is 1. The summed E-state index contributed by atoms with van der Waals surface area (Å²) >= 11 is 18.7. The minimum Gasteiger partial charge on any atom is -0.383 e. The van der Waals surface area contributed by atoms with E-state index in [0.717, 1.165) is 68.5 Å². The van der Waals surface area contributed by atoms with Gasteiger partial charge in [-0.2, -0.15) is 0 Å². The Morgan fingerprint density at radius 3 is 2.26 bits per heavy atom. The maximum Gasteiger partial charge on any atom is 0.146 e. The lowest BCUT2D eigenvalue weighted by Gasteiger charge is -2.41. The number of nitrogens with two attached hydrogens (primary N) is 1. The Morgan fingerprint density at radius 1 is 0.846 bits per heavy atom. The summed E-state index contributed by atoms with van der Waals surface area (Å²) < 4.78 is 17.8. The monoisotopic (exact) mass is 586 g/mol. The van der Waals surface area contributed by atoms with E-state index in [1.165, 1.54) is 12.4 Å². The predicted molar refractivity (Wildman–Crippen MR) is 158 cm³/mol. The number of nitrogens with zero attached hydrogens (tertiary/aromatic N) is 5. The molecular weight excluding hydrogens is 558 g/mol. The number of hydrogen-bond donors (Lipinski definition) is 1. The molecule has 0 radical (unpaired) electrons. The molecule has 6 nitrogen and oxygen atoms in total. The van der Waals surface area contributed by atoms with Crippen LogP contribution in [0.5, 0.6) is 0 Å². The van der Waals surface area contributed by atoms with Gasteiger partial charge in [0, 0.05) is 61.1 Å². The third kappa shape index (κ3) is 5.00. The fraction of sp³-hybridized carbons (Fsp3) is 0.379. The van der Waals surface area contributed by atoms with Crippen LogP contribution in [0.3, 0.4) is 0 Å². The molecule has 2 aromatic heterocycles. The van der Waals surface area contributed by atoms with E-state index in [1.54, 1.807) is 18.2 Å². The third-order valence-electron chi connectivity index (χ3n) is 8.36. The SMILES string of the molecule is CN1CCN(C2CCC(n3cc(-c4ccc(-c5ccc(Cl)c(Cl)c5Cl)c(F)c4)c4c(N)ncnc43)CC2)CC1. The average Bonchev–Trinajstić information content (AvgIpc) is 3.34. The molecule has 1 aliphatic carbocycles. The van der Waals surface area contributed by atoms with E-state index < -0.39 is 5.82 Å². The summed E-state index contributed by atoms with van der Waals surface area (Å²) in [5.74, 6) is -0.0336. The van der Waals surface area contributed by atoms with Gasteiger partial charge in [-0.05, 0) is 50.4 Å². The van der Waals surface area contributed by atoms with Crippen LogP contribution in [0.1, 0.15) is 31.7 Å². The number of benzene rings is 2. The van der Waals surface area contributed by atoms with Gasteiger partial charge in [-0.3, -0.25) is 4.90 Å². The van der Waals surface area contributed by atoms with Gasteiger partial charge in [-0.15, -0.1) is 0 Å². The van der Waals surface area contributed by atoms with Crippen molar-refractivity contribution >= 4 is 51.7 Å². The maximum atomic E-state index is 15.5. The molecule has 204 valence electrons. The largest absolute Gasteiger partial charge is 0.383 e. The van der Waals surface area contributed by atoms with E-state index in [2.05, 4.69) is 37.6 Å². The smallest absolute Gasteiger partial charge is 0.146 e. The molecule has 1 saturated heterocycles. The highest BCUT2D eigenvalue weighted by Gasteiger charge is 2.30. The molecule has 3 heterocycles. The molecule has 0 atom stereocenters. The molecule has 1 saturated carbocycles. The summed E-state index contributed by atoms with van der Waals surface area (Å²) in [5, 5.41) is 1.49. The van der Waals surface area contributed by atoms with Crippen LogP contribution in [0.25, 0.3) is 33.3 Å². The van der Waals surface area contributed by atoms with Crippen molar-refractivity contribution in [2.75, 3.05) is 39.0 Å². The van der Waals surface area contributed by atoms with E-state index in [9.17, 15) is 0 Å². The molecule has 2 aliphatic rings. The van der Waals surface area contributed by atoms with Crippen molar-refractivity contribution in [3.8, 4) is 22.3 Å². The van der Waals surface area contributed by atoms with Gasteiger partial charge in [0.2, 0.25) is 0 Å². The normalized spacial score (nSPS) is 21.1. The van der Waals surface area contributed by atoms with Crippen molar-refractivity contribution in [2.24, 2.45) is 0 Å². The van der Waals surface area contributed by atoms with E-state index in [4.69, 9.17) is 40.5 Å². The molecule has 2 aromatic carbocycles. The first-order chi connectivity index (χ1) is 18.8. The van der Waals surface area contributed by atoms with Gasteiger partial charge in [0.05, 0.1) is 20.5 Å². The van der Waals surface area contributed by atoms with Crippen LogP contribution in [0.4, 0.5) is 10.2 Å². The lowest BCUT2D eigenvalue weighted by molar-refractivity contribution is 0.0828. The van der Waals surface area contributed by atoms with Crippen LogP contribution in [0.15, 0.2) is 42.9 Å². The third-order valence-corrected chi connectivity index (χ3v) is 9.65. The molecule has 0 spiro atoms. The lowest BCUT2D eigenvalue weighted by Crippen LogP contribution is -2.49. The molecule has 39 heavy (non-hydrogen) atoms. The van der Waals surface area contributed by atoms with Gasteiger partial charge >= 0.3 is 0 Å². The van der Waals surface area contributed by atoms with Gasteiger partial charge in [0.1, 0.15) is 23.6 Å². The fourth-order valence-corrected chi connectivity index (χ4v) is 6.77.